The lowest BCUT2D eigenvalue weighted by Crippen LogP contribution is -2.45. The van der Waals surface area contributed by atoms with Crippen LogP contribution in [0.1, 0.15) is 32.8 Å². The van der Waals surface area contributed by atoms with Gasteiger partial charge in [0.15, 0.2) is 0 Å². The van der Waals surface area contributed by atoms with E-state index in [1.165, 1.54) is 12.1 Å². The van der Waals surface area contributed by atoms with E-state index in [2.05, 4.69) is 37.8 Å². The van der Waals surface area contributed by atoms with Gasteiger partial charge in [-0.25, -0.2) is 0 Å². The molecule has 1 aromatic rings. The first kappa shape index (κ1) is 12.9. The molecule has 3 unspecified atom stereocenters. The normalized spacial score (nSPS) is 28.2. The van der Waals surface area contributed by atoms with Gasteiger partial charge in [0.2, 0.25) is 0 Å². The summed E-state index contributed by atoms with van der Waals surface area (Å²) in [4.78, 5) is 2.47. The molecular weight excluding hydrogens is 222 g/mol. The zero-order valence-electron chi connectivity index (χ0n) is 11.5. The van der Waals surface area contributed by atoms with Crippen molar-refractivity contribution >= 4 is 11.5 Å². The number of nitrogens with zero attached hydrogens (tertiary/aromatic N) is 1. The number of amidine groups is 1. The number of benzene rings is 1. The molecular formula is C15H23N3. The third-order valence-corrected chi connectivity index (χ3v) is 4.11. The number of anilines is 1. The lowest BCUT2D eigenvalue weighted by atomic mass is 9.85. The quantitative estimate of drug-likeness (QED) is 0.622. The predicted molar refractivity (Wildman–Crippen MR) is 77.2 cm³/mol. The molecule has 0 aromatic heterocycles. The summed E-state index contributed by atoms with van der Waals surface area (Å²) in [7, 11) is 0. The van der Waals surface area contributed by atoms with Crippen LogP contribution >= 0.6 is 0 Å². The standard InChI is InChI=1S/C15H23N3/c1-10-8-11(2)12(3)18(9-10)14-6-4-13(5-7-14)15(16)17/h4-7,10-12H,8-9H2,1-3H3,(H3,16,17). The Morgan fingerprint density at radius 3 is 2.39 bits per heavy atom. The van der Waals surface area contributed by atoms with E-state index in [1.807, 2.05) is 12.1 Å². The van der Waals surface area contributed by atoms with E-state index in [9.17, 15) is 0 Å². The average Bonchev–Trinajstić information content (AvgIpc) is 2.34. The maximum absolute atomic E-state index is 7.42. The average molecular weight is 245 g/mol. The highest BCUT2D eigenvalue weighted by atomic mass is 15.2. The van der Waals surface area contributed by atoms with Crippen LogP contribution in [-0.4, -0.2) is 18.4 Å². The fourth-order valence-electron chi connectivity index (χ4n) is 2.89. The van der Waals surface area contributed by atoms with Crippen LogP contribution in [0.2, 0.25) is 0 Å². The van der Waals surface area contributed by atoms with Gasteiger partial charge in [0, 0.05) is 23.8 Å². The zero-order chi connectivity index (χ0) is 13.3. The molecule has 18 heavy (non-hydrogen) atoms. The highest BCUT2D eigenvalue weighted by molar-refractivity contribution is 5.95. The Balaban J connectivity index is 2.21. The molecule has 1 saturated heterocycles. The van der Waals surface area contributed by atoms with Gasteiger partial charge in [0.05, 0.1) is 0 Å². The monoisotopic (exact) mass is 245 g/mol. The van der Waals surface area contributed by atoms with Crippen LogP contribution in [0.3, 0.4) is 0 Å². The summed E-state index contributed by atoms with van der Waals surface area (Å²) in [5, 5.41) is 7.42. The second-order valence-corrected chi connectivity index (χ2v) is 5.67. The Bertz CT molecular complexity index is 424. The molecule has 1 fully saturated rings. The van der Waals surface area contributed by atoms with E-state index in [1.54, 1.807) is 0 Å². The summed E-state index contributed by atoms with van der Waals surface area (Å²) >= 11 is 0. The van der Waals surface area contributed by atoms with Crippen LogP contribution in [0.4, 0.5) is 5.69 Å². The van der Waals surface area contributed by atoms with Crippen molar-refractivity contribution in [2.24, 2.45) is 17.6 Å². The van der Waals surface area contributed by atoms with E-state index >= 15 is 0 Å². The van der Waals surface area contributed by atoms with Gasteiger partial charge in [0.1, 0.15) is 5.84 Å². The van der Waals surface area contributed by atoms with Crippen molar-refractivity contribution in [2.45, 2.75) is 33.2 Å². The van der Waals surface area contributed by atoms with Crippen molar-refractivity contribution in [3.05, 3.63) is 29.8 Å². The molecule has 0 aliphatic carbocycles. The van der Waals surface area contributed by atoms with Crippen molar-refractivity contribution in [2.75, 3.05) is 11.4 Å². The number of nitrogen functional groups attached to an aromatic ring is 1. The van der Waals surface area contributed by atoms with Crippen molar-refractivity contribution in [1.29, 1.82) is 5.41 Å². The van der Waals surface area contributed by atoms with E-state index < -0.39 is 0 Å². The number of piperidine rings is 1. The Morgan fingerprint density at radius 1 is 1.22 bits per heavy atom. The third-order valence-electron chi connectivity index (χ3n) is 4.11. The molecule has 1 aromatic carbocycles. The Kier molecular flexibility index (Phi) is 3.60. The molecule has 3 heteroatoms. The molecule has 1 aliphatic heterocycles. The van der Waals surface area contributed by atoms with Crippen molar-refractivity contribution in [3.63, 3.8) is 0 Å². The molecule has 3 atom stereocenters. The number of hydrogen-bond acceptors (Lipinski definition) is 2. The smallest absolute Gasteiger partial charge is 0.122 e. The lowest BCUT2D eigenvalue weighted by Gasteiger charge is -2.42. The molecule has 0 spiro atoms. The number of nitrogens with two attached hydrogens (primary N) is 1. The molecule has 1 heterocycles. The predicted octanol–water partition coefficient (Wildman–Crippen LogP) is 2.84. The van der Waals surface area contributed by atoms with Gasteiger partial charge in [-0.3, -0.25) is 5.41 Å². The molecule has 3 N–H and O–H groups in total. The van der Waals surface area contributed by atoms with Gasteiger partial charge in [-0.1, -0.05) is 13.8 Å². The summed E-state index contributed by atoms with van der Waals surface area (Å²) in [5.74, 6) is 1.60. The van der Waals surface area contributed by atoms with Crippen LogP contribution < -0.4 is 10.6 Å². The van der Waals surface area contributed by atoms with Crippen LogP contribution in [-0.2, 0) is 0 Å². The first-order valence-corrected chi connectivity index (χ1v) is 6.70. The maximum atomic E-state index is 7.42. The van der Waals surface area contributed by atoms with Gasteiger partial charge in [0.25, 0.3) is 0 Å². The minimum atomic E-state index is 0.134. The minimum absolute atomic E-state index is 0.134. The number of rotatable bonds is 2. The summed E-state index contributed by atoms with van der Waals surface area (Å²) in [6.45, 7) is 8.07. The number of nitrogens with one attached hydrogen (secondary N) is 1. The second kappa shape index (κ2) is 5.01. The van der Waals surface area contributed by atoms with Crippen LogP contribution in [0.25, 0.3) is 0 Å². The summed E-state index contributed by atoms with van der Waals surface area (Å²) in [5.41, 5.74) is 7.52. The summed E-state index contributed by atoms with van der Waals surface area (Å²) in [6, 6.07) is 8.61. The van der Waals surface area contributed by atoms with Gasteiger partial charge >= 0.3 is 0 Å². The fraction of sp³-hybridized carbons (Fsp3) is 0.533. The minimum Gasteiger partial charge on any atom is -0.384 e. The summed E-state index contributed by atoms with van der Waals surface area (Å²) in [6.07, 6.45) is 1.31. The topological polar surface area (TPSA) is 53.1 Å². The Labute approximate surface area is 109 Å². The third kappa shape index (κ3) is 2.50. The molecule has 98 valence electrons. The molecule has 0 radical (unpaired) electrons. The Morgan fingerprint density at radius 2 is 1.83 bits per heavy atom. The first-order valence-electron chi connectivity index (χ1n) is 6.70. The van der Waals surface area contributed by atoms with Crippen molar-refractivity contribution < 1.29 is 0 Å². The highest BCUT2D eigenvalue weighted by Crippen LogP contribution is 2.31. The highest BCUT2D eigenvalue weighted by Gasteiger charge is 2.28. The largest absolute Gasteiger partial charge is 0.384 e. The SMILES string of the molecule is CC1CC(C)C(C)N(c2ccc(C(=N)N)cc2)C1. The Hall–Kier alpha value is -1.51. The van der Waals surface area contributed by atoms with E-state index in [0.29, 0.717) is 6.04 Å². The fourth-order valence-corrected chi connectivity index (χ4v) is 2.89. The maximum Gasteiger partial charge on any atom is 0.122 e. The van der Waals surface area contributed by atoms with Crippen molar-refractivity contribution in [1.82, 2.24) is 0 Å². The van der Waals surface area contributed by atoms with E-state index in [0.717, 1.165) is 23.9 Å². The number of hydrogen-bond donors (Lipinski definition) is 2. The van der Waals surface area contributed by atoms with Crippen molar-refractivity contribution in [3.8, 4) is 0 Å². The zero-order valence-corrected chi connectivity index (χ0v) is 11.5. The summed E-state index contributed by atoms with van der Waals surface area (Å²) < 4.78 is 0. The molecule has 1 aliphatic rings. The van der Waals surface area contributed by atoms with Gasteiger partial charge in [-0.05, 0) is 49.4 Å². The van der Waals surface area contributed by atoms with E-state index in [-0.39, 0.29) is 5.84 Å². The van der Waals surface area contributed by atoms with Crippen LogP contribution in [0, 0.1) is 17.2 Å². The first-order chi connectivity index (χ1) is 8.49. The van der Waals surface area contributed by atoms with Crippen LogP contribution in [0.15, 0.2) is 24.3 Å². The lowest BCUT2D eigenvalue weighted by molar-refractivity contribution is 0.297. The second-order valence-electron chi connectivity index (χ2n) is 5.67. The van der Waals surface area contributed by atoms with Gasteiger partial charge in [-0.2, -0.15) is 0 Å². The van der Waals surface area contributed by atoms with Gasteiger partial charge < -0.3 is 10.6 Å². The molecule has 0 saturated carbocycles. The molecule has 2 rings (SSSR count). The molecule has 0 bridgehead atoms. The van der Waals surface area contributed by atoms with Crippen LogP contribution in [0.5, 0.6) is 0 Å². The molecule has 0 amide bonds. The van der Waals surface area contributed by atoms with E-state index in [4.69, 9.17) is 11.1 Å². The van der Waals surface area contributed by atoms with Gasteiger partial charge in [-0.15, -0.1) is 0 Å². The molecule has 3 nitrogen and oxygen atoms in total.